The molecular weight excluding hydrogens is 268 g/mol. The van der Waals surface area contributed by atoms with E-state index in [0.717, 1.165) is 10.8 Å². The van der Waals surface area contributed by atoms with Gasteiger partial charge in [-0.25, -0.2) is 5.10 Å². The molecule has 1 aromatic heterocycles. The average molecular weight is 282 g/mol. The van der Waals surface area contributed by atoms with Gasteiger partial charge in [0, 0.05) is 5.56 Å². The van der Waals surface area contributed by atoms with Gasteiger partial charge < -0.3 is 4.74 Å². The Kier molecular flexibility index (Phi) is 3.51. The molecule has 0 atom stereocenters. The molecule has 0 aliphatic carbocycles. The molecule has 2 N–H and O–H groups in total. The number of carbonyl (C=O) groups is 1. The fourth-order valence-electron chi connectivity index (χ4n) is 2.09. The molecule has 1 amide bonds. The van der Waals surface area contributed by atoms with Crippen LogP contribution < -0.4 is 10.1 Å². The smallest absolute Gasteiger partial charge is 0.337 e. The predicted molar refractivity (Wildman–Crippen MR) is 79.5 cm³/mol. The first-order valence-electron chi connectivity index (χ1n) is 6.62. The summed E-state index contributed by atoms with van der Waals surface area (Å²) in [4.78, 5) is 16.4. The number of nitrogens with one attached hydrogen (secondary N) is 2. The molecule has 0 radical (unpaired) electrons. The van der Waals surface area contributed by atoms with Gasteiger partial charge in [0.25, 0.3) is 5.91 Å². The van der Waals surface area contributed by atoms with Crippen LogP contribution in [0.1, 0.15) is 17.3 Å². The number of aromatic nitrogens is 3. The Hall–Kier alpha value is -2.89. The molecule has 1 heterocycles. The van der Waals surface area contributed by atoms with Gasteiger partial charge in [0.2, 0.25) is 5.95 Å². The van der Waals surface area contributed by atoms with Crippen molar-refractivity contribution in [2.24, 2.45) is 0 Å². The maximum Gasteiger partial charge on any atom is 0.337 e. The topological polar surface area (TPSA) is 79.9 Å². The van der Waals surface area contributed by atoms with Gasteiger partial charge in [-0.3, -0.25) is 10.1 Å². The van der Waals surface area contributed by atoms with Crippen molar-refractivity contribution in [3.63, 3.8) is 0 Å². The van der Waals surface area contributed by atoms with Gasteiger partial charge in [0.05, 0.1) is 6.61 Å². The Morgan fingerprint density at radius 2 is 2.05 bits per heavy atom. The number of aromatic amines is 1. The third-order valence-corrected chi connectivity index (χ3v) is 3.00. The lowest BCUT2D eigenvalue weighted by molar-refractivity contribution is 0.102. The van der Waals surface area contributed by atoms with Gasteiger partial charge in [-0.2, -0.15) is 4.98 Å². The number of H-pyrrole nitrogens is 1. The largest absolute Gasteiger partial charge is 0.463 e. The van der Waals surface area contributed by atoms with Gasteiger partial charge in [-0.15, -0.1) is 5.10 Å². The van der Waals surface area contributed by atoms with Crippen LogP contribution in [-0.2, 0) is 0 Å². The third kappa shape index (κ3) is 2.69. The molecule has 106 valence electrons. The molecule has 0 unspecified atom stereocenters. The predicted octanol–water partition coefficient (Wildman–Crippen LogP) is 2.61. The zero-order chi connectivity index (χ0) is 14.7. The van der Waals surface area contributed by atoms with Crippen LogP contribution in [0, 0.1) is 0 Å². The quantitative estimate of drug-likeness (QED) is 0.770. The lowest BCUT2D eigenvalue weighted by Crippen LogP contribution is -2.13. The number of nitrogens with zero attached hydrogens (tertiary/aromatic N) is 2. The maximum absolute atomic E-state index is 12.4. The molecule has 6 heteroatoms. The summed E-state index contributed by atoms with van der Waals surface area (Å²) in [6.45, 7) is 2.30. The lowest BCUT2D eigenvalue weighted by Gasteiger charge is -2.05. The summed E-state index contributed by atoms with van der Waals surface area (Å²) in [6.07, 6.45) is 0. The normalized spacial score (nSPS) is 10.5. The van der Waals surface area contributed by atoms with Crippen molar-refractivity contribution in [2.75, 3.05) is 11.9 Å². The SMILES string of the molecule is CCOc1n[nH]c(NC(=O)c2cccc3ccccc23)n1. The molecule has 2 aromatic carbocycles. The van der Waals surface area contributed by atoms with Crippen molar-refractivity contribution in [2.45, 2.75) is 6.92 Å². The Morgan fingerprint density at radius 3 is 2.90 bits per heavy atom. The van der Waals surface area contributed by atoms with E-state index in [4.69, 9.17) is 4.74 Å². The minimum absolute atomic E-state index is 0.214. The number of amides is 1. The summed E-state index contributed by atoms with van der Waals surface area (Å²) in [7, 11) is 0. The highest BCUT2D eigenvalue weighted by Gasteiger charge is 2.12. The number of anilines is 1. The Labute approximate surface area is 121 Å². The molecule has 0 spiro atoms. The molecule has 0 aliphatic heterocycles. The van der Waals surface area contributed by atoms with Crippen LogP contribution in [0.4, 0.5) is 5.95 Å². The molecule has 0 aliphatic rings. The highest BCUT2D eigenvalue weighted by Crippen LogP contribution is 2.19. The van der Waals surface area contributed by atoms with Crippen molar-refractivity contribution in [3.05, 3.63) is 48.0 Å². The van der Waals surface area contributed by atoms with E-state index >= 15 is 0 Å². The van der Waals surface area contributed by atoms with E-state index < -0.39 is 0 Å². The van der Waals surface area contributed by atoms with Crippen molar-refractivity contribution in [1.82, 2.24) is 15.2 Å². The molecule has 21 heavy (non-hydrogen) atoms. The summed E-state index contributed by atoms with van der Waals surface area (Å²) < 4.78 is 5.14. The zero-order valence-corrected chi connectivity index (χ0v) is 11.5. The number of hydrogen-bond acceptors (Lipinski definition) is 4. The highest BCUT2D eigenvalue weighted by atomic mass is 16.5. The van der Waals surface area contributed by atoms with Gasteiger partial charge in [-0.05, 0) is 23.8 Å². The molecule has 0 saturated heterocycles. The standard InChI is InChI=1S/C15H14N4O2/c1-2-21-15-17-14(18-19-15)16-13(20)12-9-5-7-10-6-3-4-8-11(10)12/h3-9H,2H2,1H3,(H2,16,17,18,19,20). The first kappa shape index (κ1) is 13.1. The third-order valence-electron chi connectivity index (χ3n) is 3.00. The van der Waals surface area contributed by atoms with Crippen molar-refractivity contribution in [3.8, 4) is 6.01 Å². The van der Waals surface area contributed by atoms with Crippen LogP contribution in [0.25, 0.3) is 10.8 Å². The van der Waals surface area contributed by atoms with Gasteiger partial charge in [0.1, 0.15) is 0 Å². The number of benzene rings is 2. The second-order valence-electron chi connectivity index (χ2n) is 4.38. The summed E-state index contributed by atoms with van der Waals surface area (Å²) in [5, 5.41) is 11.0. The van der Waals surface area contributed by atoms with Crippen LogP contribution >= 0.6 is 0 Å². The van der Waals surface area contributed by atoms with Gasteiger partial charge in [0.15, 0.2) is 0 Å². The van der Waals surface area contributed by atoms with Gasteiger partial charge >= 0.3 is 6.01 Å². The molecule has 3 rings (SSSR count). The summed E-state index contributed by atoms with van der Waals surface area (Å²) >= 11 is 0. The Balaban J connectivity index is 1.86. The van der Waals surface area contributed by atoms with E-state index in [1.165, 1.54) is 0 Å². The zero-order valence-electron chi connectivity index (χ0n) is 11.5. The maximum atomic E-state index is 12.4. The monoisotopic (exact) mass is 282 g/mol. The Bertz CT molecular complexity index is 777. The number of fused-ring (bicyclic) bond motifs is 1. The summed E-state index contributed by atoms with van der Waals surface area (Å²) in [6, 6.07) is 13.5. The van der Waals surface area contributed by atoms with Crippen LogP contribution in [-0.4, -0.2) is 27.7 Å². The fourth-order valence-corrected chi connectivity index (χ4v) is 2.09. The van der Waals surface area contributed by atoms with Crippen LogP contribution in [0.3, 0.4) is 0 Å². The highest BCUT2D eigenvalue weighted by molar-refractivity contribution is 6.12. The van der Waals surface area contributed by atoms with Crippen LogP contribution in [0.2, 0.25) is 0 Å². The fraction of sp³-hybridized carbons (Fsp3) is 0.133. The van der Waals surface area contributed by atoms with E-state index in [2.05, 4.69) is 20.5 Å². The van der Waals surface area contributed by atoms with E-state index in [9.17, 15) is 4.79 Å². The van der Waals surface area contributed by atoms with Crippen molar-refractivity contribution >= 4 is 22.6 Å². The van der Waals surface area contributed by atoms with E-state index in [0.29, 0.717) is 12.2 Å². The van der Waals surface area contributed by atoms with Crippen molar-refractivity contribution < 1.29 is 9.53 Å². The second-order valence-corrected chi connectivity index (χ2v) is 4.38. The molecule has 6 nitrogen and oxygen atoms in total. The first-order valence-corrected chi connectivity index (χ1v) is 6.62. The number of hydrogen-bond donors (Lipinski definition) is 2. The summed E-state index contributed by atoms with van der Waals surface area (Å²) in [5.41, 5.74) is 0.586. The lowest BCUT2D eigenvalue weighted by atomic mass is 10.0. The minimum Gasteiger partial charge on any atom is -0.463 e. The van der Waals surface area contributed by atoms with Crippen molar-refractivity contribution in [1.29, 1.82) is 0 Å². The molecule has 0 saturated carbocycles. The van der Waals surface area contributed by atoms with Gasteiger partial charge in [-0.1, -0.05) is 36.4 Å². The van der Waals surface area contributed by atoms with E-state index in [-0.39, 0.29) is 17.9 Å². The second kappa shape index (κ2) is 5.62. The van der Waals surface area contributed by atoms with Crippen LogP contribution in [0.15, 0.2) is 42.5 Å². The number of carbonyl (C=O) groups excluding carboxylic acids is 1. The minimum atomic E-state index is -0.244. The molecule has 0 fully saturated rings. The molecule has 0 bridgehead atoms. The molecular formula is C15H14N4O2. The summed E-state index contributed by atoms with van der Waals surface area (Å²) in [5.74, 6) is 0.0161. The number of rotatable bonds is 4. The first-order chi connectivity index (χ1) is 10.3. The van der Waals surface area contributed by atoms with Crippen LogP contribution in [0.5, 0.6) is 6.01 Å². The van der Waals surface area contributed by atoms with E-state index in [1.54, 1.807) is 6.07 Å². The number of ether oxygens (including phenoxy) is 1. The average Bonchev–Trinajstić information content (AvgIpc) is 2.94. The molecule has 3 aromatic rings. The Morgan fingerprint density at radius 1 is 1.24 bits per heavy atom. The van der Waals surface area contributed by atoms with E-state index in [1.807, 2.05) is 43.3 Å².